The average Bonchev–Trinajstić information content (AvgIpc) is 2.75. The zero-order valence-corrected chi connectivity index (χ0v) is 19.4. The molecule has 2 heterocycles. The predicted octanol–water partition coefficient (Wildman–Crippen LogP) is 4.45. The summed E-state index contributed by atoms with van der Waals surface area (Å²) in [5, 5.41) is 3.94. The van der Waals surface area contributed by atoms with Crippen molar-refractivity contribution in [2.45, 2.75) is 19.1 Å². The summed E-state index contributed by atoms with van der Waals surface area (Å²) in [6.07, 6.45) is 1.73. The Kier molecular flexibility index (Phi) is 6.07. The number of anilines is 1. The Morgan fingerprint density at radius 3 is 2.58 bits per heavy atom. The molecule has 0 saturated heterocycles. The minimum absolute atomic E-state index is 0.140. The molecule has 1 aromatic heterocycles. The predicted molar refractivity (Wildman–Crippen MR) is 125 cm³/mol. The summed E-state index contributed by atoms with van der Waals surface area (Å²) in [6, 6.07) is 14.7. The molecule has 1 amide bonds. The fourth-order valence-corrected chi connectivity index (χ4v) is 4.40. The van der Waals surface area contributed by atoms with Crippen molar-refractivity contribution < 1.29 is 9.53 Å². The van der Waals surface area contributed by atoms with Gasteiger partial charge in [-0.3, -0.25) is 9.59 Å². The van der Waals surface area contributed by atoms with Crippen molar-refractivity contribution in [3.05, 3.63) is 91.3 Å². The van der Waals surface area contributed by atoms with Gasteiger partial charge in [-0.25, -0.2) is 0 Å². The van der Waals surface area contributed by atoms with Crippen LogP contribution in [0.4, 0.5) is 5.69 Å². The van der Waals surface area contributed by atoms with Crippen LogP contribution in [0.15, 0.2) is 64.0 Å². The van der Waals surface area contributed by atoms with E-state index >= 15 is 0 Å². The number of nitrogens with zero attached hydrogens (tertiary/aromatic N) is 2. The number of rotatable bonds is 5. The highest BCUT2D eigenvalue weighted by Gasteiger charge is 2.33. The van der Waals surface area contributed by atoms with Crippen molar-refractivity contribution in [3.63, 3.8) is 0 Å². The Morgan fingerprint density at radius 2 is 1.90 bits per heavy atom. The largest absolute Gasteiger partial charge is 0.497 e. The van der Waals surface area contributed by atoms with E-state index < -0.39 is 0 Å². The minimum atomic E-state index is -0.368. The Labute approximate surface area is 193 Å². The van der Waals surface area contributed by atoms with Crippen molar-refractivity contribution in [2.75, 3.05) is 12.4 Å². The molecule has 1 unspecified atom stereocenters. The van der Waals surface area contributed by atoms with Crippen LogP contribution in [0.1, 0.15) is 21.5 Å². The van der Waals surface area contributed by atoms with Crippen LogP contribution in [-0.2, 0) is 20.0 Å². The van der Waals surface area contributed by atoms with E-state index in [1.807, 2.05) is 36.4 Å². The summed E-state index contributed by atoms with van der Waals surface area (Å²) in [5.74, 6) is 0.615. The van der Waals surface area contributed by atoms with E-state index in [2.05, 4.69) is 21.2 Å². The molecule has 1 N–H and O–H groups in total. The van der Waals surface area contributed by atoms with Crippen molar-refractivity contribution in [3.8, 4) is 5.75 Å². The first-order chi connectivity index (χ1) is 14.9. The van der Waals surface area contributed by atoms with Crippen molar-refractivity contribution in [1.29, 1.82) is 0 Å². The normalized spacial score (nSPS) is 15.5. The number of halogens is 2. The third kappa shape index (κ3) is 4.48. The number of carbonyl (C=O) groups excluding carboxylic acids is 1. The second kappa shape index (κ2) is 8.77. The van der Waals surface area contributed by atoms with Crippen LogP contribution in [0.3, 0.4) is 0 Å². The third-order valence-electron chi connectivity index (χ3n) is 5.36. The maximum atomic E-state index is 13.5. The summed E-state index contributed by atoms with van der Waals surface area (Å²) < 4.78 is 7.53. The Morgan fingerprint density at radius 1 is 1.16 bits per heavy atom. The summed E-state index contributed by atoms with van der Waals surface area (Å²) in [5.41, 5.74) is 2.81. The van der Waals surface area contributed by atoms with E-state index in [1.54, 1.807) is 31.3 Å². The maximum absolute atomic E-state index is 13.5. The first-order valence-electron chi connectivity index (χ1n) is 9.71. The van der Waals surface area contributed by atoms with Crippen molar-refractivity contribution in [1.82, 2.24) is 9.47 Å². The number of aromatic nitrogens is 1. The van der Waals surface area contributed by atoms with Gasteiger partial charge in [-0.05, 0) is 41.5 Å². The Hall–Kier alpha value is -2.77. The van der Waals surface area contributed by atoms with Gasteiger partial charge in [-0.2, -0.15) is 0 Å². The lowest BCUT2D eigenvalue weighted by atomic mass is 9.97. The van der Waals surface area contributed by atoms with Crippen LogP contribution in [0, 0.1) is 0 Å². The highest BCUT2D eigenvalue weighted by Crippen LogP contribution is 2.30. The van der Waals surface area contributed by atoms with E-state index in [-0.39, 0.29) is 17.6 Å². The molecule has 4 rings (SSSR count). The van der Waals surface area contributed by atoms with Crippen LogP contribution >= 0.6 is 27.5 Å². The third-order valence-corrected chi connectivity index (χ3v) is 6.17. The van der Waals surface area contributed by atoms with Gasteiger partial charge in [0.05, 0.1) is 23.4 Å². The van der Waals surface area contributed by atoms with Crippen molar-refractivity contribution >= 4 is 39.1 Å². The van der Waals surface area contributed by atoms with Crippen LogP contribution < -0.4 is 15.6 Å². The molecule has 0 bridgehead atoms. The van der Waals surface area contributed by atoms with Gasteiger partial charge in [-0.1, -0.05) is 39.7 Å². The van der Waals surface area contributed by atoms with Gasteiger partial charge in [0.25, 0.3) is 11.5 Å². The van der Waals surface area contributed by atoms with Gasteiger partial charge >= 0.3 is 0 Å². The summed E-state index contributed by atoms with van der Waals surface area (Å²) in [6.45, 7) is 0.400. The Balaban J connectivity index is 1.71. The van der Waals surface area contributed by atoms with E-state index in [0.29, 0.717) is 23.6 Å². The van der Waals surface area contributed by atoms with E-state index in [9.17, 15) is 9.59 Å². The number of aryl methyl sites for hydroxylation is 1. The van der Waals surface area contributed by atoms with E-state index in [0.717, 1.165) is 27.0 Å². The SMILES string of the molecule is COc1ccc(CN2C(=O)c3cn(C)c(=O)cc3CC2Nc2ccc(Br)cc2Cl)cc1. The lowest BCUT2D eigenvalue weighted by Gasteiger charge is -2.38. The number of methoxy groups -OCH3 is 1. The van der Waals surface area contributed by atoms with Gasteiger partial charge in [0.1, 0.15) is 11.9 Å². The smallest absolute Gasteiger partial charge is 0.257 e. The van der Waals surface area contributed by atoms with Crippen LogP contribution in [0.5, 0.6) is 5.75 Å². The molecule has 0 aliphatic carbocycles. The minimum Gasteiger partial charge on any atom is -0.497 e. The molecular formula is C23H21BrClN3O3. The molecular weight excluding hydrogens is 482 g/mol. The molecule has 0 saturated carbocycles. The number of ether oxygens (including phenoxy) is 1. The lowest BCUT2D eigenvalue weighted by Crippen LogP contribution is -2.50. The molecule has 1 atom stereocenters. The average molecular weight is 503 g/mol. The zero-order chi connectivity index (χ0) is 22.1. The zero-order valence-electron chi connectivity index (χ0n) is 17.1. The molecule has 3 aromatic rings. The summed E-state index contributed by atoms with van der Waals surface area (Å²) >= 11 is 9.82. The molecule has 160 valence electrons. The summed E-state index contributed by atoms with van der Waals surface area (Å²) in [7, 11) is 3.27. The monoisotopic (exact) mass is 501 g/mol. The number of hydrogen-bond donors (Lipinski definition) is 1. The standard InChI is InChI=1S/C23H21BrClN3O3/c1-27-13-18-15(10-22(27)29)9-21(26-20-8-5-16(24)11-19(20)25)28(23(18)30)12-14-3-6-17(31-2)7-4-14/h3-8,10-11,13,21,26H,9,12H2,1-2H3. The lowest BCUT2D eigenvalue weighted by molar-refractivity contribution is 0.0656. The maximum Gasteiger partial charge on any atom is 0.257 e. The van der Waals surface area contributed by atoms with Gasteiger partial charge in [0.2, 0.25) is 0 Å². The van der Waals surface area contributed by atoms with Gasteiger partial charge in [-0.15, -0.1) is 0 Å². The van der Waals surface area contributed by atoms with Crippen LogP contribution in [0.2, 0.25) is 5.02 Å². The molecule has 0 fully saturated rings. The number of nitrogens with one attached hydrogen (secondary N) is 1. The topological polar surface area (TPSA) is 63.6 Å². The fraction of sp³-hybridized carbons (Fsp3) is 0.217. The first kappa shape index (κ1) is 21.5. The Bertz CT molecular complexity index is 1190. The molecule has 0 radical (unpaired) electrons. The number of hydrogen-bond acceptors (Lipinski definition) is 4. The number of benzene rings is 2. The molecule has 1 aliphatic heterocycles. The molecule has 8 heteroatoms. The fourth-order valence-electron chi connectivity index (χ4n) is 3.67. The number of carbonyl (C=O) groups is 1. The molecule has 31 heavy (non-hydrogen) atoms. The van der Waals surface area contributed by atoms with Crippen molar-refractivity contribution in [2.24, 2.45) is 7.05 Å². The van der Waals surface area contributed by atoms with Crippen LogP contribution in [0.25, 0.3) is 0 Å². The number of amides is 1. The van der Waals surface area contributed by atoms with Gasteiger partial charge in [0, 0.05) is 36.7 Å². The van der Waals surface area contributed by atoms with E-state index in [1.165, 1.54) is 10.6 Å². The molecule has 2 aromatic carbocycles. The molecule has 0 spiro atoms. The second-order valence-corrected chi connectivity index (χ2v) is 8.75. The van der Waals surface area contributed by atoms with E-state index in [4.69, 9.17) is 16.3 Å². The number of pyridine rings is 1. The number of fused-ring (bicyclic) bond motifs is 1. The second-order valence-electron chi connectivity index (χ2n) is 7.43. The first-order valence-corrected chi connectivity index (χ1v) is 10.9. The summed E-state index contributed by atoms with van der Waals surface area (Å²) in [4.78, 5) is 27.4. The highest BCUT2D eigenvalue weighted by atomic mass is 79.9. The quantitative estimate of drug-likeness (QED) is 0.560. The van der Waals surface area contributed by atoms with Crippen LogP contribution in [-0.4, -0.2) is 28.6 Å². The highest BCUT2D eigenvalue weighted by molar-refractivity contribution is 9.10. The molecule has 1 aliphatic rings. The van der Waals surface area contributed by atoms with Gasteiger partial charge < -0.3 is 19.5 Å². The van der Waals surface area contributed by atoms with Gasteiger partial charge in [0.15, 0.2) is 0 Å². The molecule has 6 nitrogen and oxygen atoms in total.